The molecule has 0 amide bonds. The number of rotatable bonds is 3. The minimum Gasteiger partial charge on any atom is -0.356 e. The first-order valence-corrected chi connectivity index (χ1v) is 5.69. The van der Waals surface area contributed by atoms with Crippen LogP contribution in [0.4, 0.5) is 0 Å². The van der Waals surface area contributed by atoms with E-state index < -0.39 is 0 Å². The van der Waals surface area contributed by atoms with E-state index in [1.54, 1.807) is 0 Å². The van der Waals surface area contributed by atoms with E-state index in [-0.39, 0.29) is 29.4 Å². The average molecular weight is 237 g/mol. The highest BCUT2D eigenvalue weighted by atomic mass is 16.5. The predicted molar refractivity (Wildman–Crippen MR) is 58.9 cm³/mol. The molecular weight excluding hydrogens is 222 g/mol. The van der Waals surface area contributed by atoms with E-state index in [1.807, 2.05) is 0 Å². The van der Waals surface area contributed by atoms with Gasteiger partial charge in [0.25, 0.3) is 0 Å². The highest BCUT2D eigenvalue weighted by molar-refractivity contribution is 5.94. The summed E-state index contributed by atoms with van der Waals surface area (Å²) in [5.41, 5.74) is 0. The van der Waals surface area contributed by atoms with Gasteiger partial charge in [-0.25, -0.2) is 9.67 Å². The number of ketones is 2. The van der Waals surface area contributed by atoms with Crippen molar-refractivity contribution in [1.29, 1.82) is 0 Å². The number of ether oxygens (including phenoxy) is 1. The second-order valence-corrected chi connectivity index (χ2v) is 4.14. The van der Waals surface area contributed by atoms with Crippen LogP contribution in [0, 0.1) is 0 Å². The first kappa shape index (κ1) is 11.9. The van der Waals surface area contributed by atoms with Crippen molar-refractivity contribution in [3.63, 3.8) is 0 Å². The molecule has 0 N–H and O–H groups in total. The SMILES string of the molecule is CC(=O)c1nc(C(C)=O)n([C@@H]2CCCCO2)n1. The molecule has 17 heavy (non-hydrogen) atoms. The van der Waals surface area contributed by atoms with Crippen molar-refractivity contribution in [3.05, 3.63) is 11.6 Å². The van der Waals surface area contributed by atoms with Gasteiger partial charge in [-0.2, -0.15) is 0 Å². The molecule has 0 aliphatic carbocycles. The third kappa shape index (κ3) is 2.41. The maximum Gasteiger partial charge on any atom is 0.217 e. The zero-order valence-corrected chi connectivity index (χ0v) is 9.97. The van der Waals surface area contributed by atoms with Gasteiger partial charge in [0.2, 0.25) is 5.82 Å². The number of aromatic nitrogens is 3. The van der Waals surface area contributed by atoms with Crippen LogP contribution < -0.4 is 0 Å². The number of nitrogens with zero attached hydrogens (tertiary/aromatic N) is 3. The van der Waals surface area contributed by atoms with Crippen LogP contribution in [-0.2, 0) is 4.74 Å². The maximum atomic E-state index is 11.5. The summed E-state index contributed by atoms with van der Waals surface area (Å²) < 4.78 is 6.99. The largest absolute Gasteiger partial charge is 0.356 e. The van der Waals surface area contributed by atoms with E-state index in [9.17, 15) is 9.59 Å². The van der Waals surface area contributed by atoms with Gasteiger partial charge in [0.15, 0.2) is 23.6 Å². The molecule has 1 fully saturated rings. The third-order valence-corrected chi connectivity index (χ3v) is 2.69. The molecule has 1 aliphatic heterocycles. The van der Waals surface area contributed by atoms with Crippen molar-refractivity contribution in [2.24, 2.45) is 0 Å². The fourth-order valence-electron chi connectivity index (χ4n) is 1.83. The van der Waals surface area contributed by atoms with Gasteiger partial charge >= 0.3 is 0 Å². The molecule has 2 heterocycles. The zero-order valence-electron chi connectivity index (χ0n) is 9.97. The second-order valence-electron chi connectivity index (χ2n) is 4.14. The minimum absolute atomic E-state index is 0.0735. The zero-order chi connectivity index (χ0) is 12.4. The average Bonchev–Trinajstić information content (AvgIpc) is 2.75. The Labute approximate surface area is 99.0 Å². The van der Waals surface area contributed by atoms with Gasteiger partial charge in [0, 0.05) is 20.5 Å². The van der Waals surface area contributed by atoms with Gasteiger partial charge in [0.05, 0.1) is 0 Å². The molecule has 2 rings (SSSR count). The van der Waals surface area contributed by atoms with Gasteiger partial charge in [-0.05, 0) is 19.3 Å². The lowest BCUT2D eigenvalue weighted by Gasteiger charge is -2.23. The third-order valence-electron chi connectivity index (χ3n) is 2.69. The first-order chi connectivity index (χ1) is 8.09. The van der Waals surface area contributed by atoms with Crippen LogP contribution >= 0.6 is 0 Å². The van der Waals surface area contributed by atoms with Gasteiger partial charge in [-0.15, -0.1) is 5.10 Å². The second kappa shape index (κ2) is 4.75. The molecule has 6 nitrogen and oxygen atoms in total. The van der Waals surface area contributed by atoms with E-state index in [1.165, 1.54) is 18.5 Å². The molecule has 1 aromatic heterocycles. The van der Waals surface area contributed by atoms with E-state index in [0.717, 1.165) is 19.3 Å². The van der Waals surface area contributed by atoms with Crippen molar-refractivity contribution >= 4 is 11.6 Å². The van der Waals surface area contributed by atoms with E-state index in [0.29, 0.717) is 6.61 Å². The summed E-state index contributed by atoms with van der Waals surface area (Å²) in [6.45, 7) is 3.44. The molecule has 1 aromatic rings. The van der Waals surface area contributed by atoms with E-state index in [4.69, 9.17) is 4.74 Å². The van der Waals surface area contributed by atoms with Gasteiger partial charge in [0.1, 0.15) is 0 Å². The molecule has 0 saturated carbocycles. The molecule has 92 valence electrons. The lowest BCUT2D eigenvalue weighted by molar-refractivity contribution is -0.0408. The van der Waals surface area contributed by atoms with Crippen LogP contribution in [0.2, 0.25) is 0 Å². The smallest absolute Gasteiger partial charge is 0.217 e. The lowest BCUT2D eigenvalue weighted by Crippen LogP contribution is -2.22. The number of carbonyl (C=O) groups is 2. The number of carbonyl (C=O) groups excluding carboxylic acids is 2. The Bertz CT molecular complexity index is 447. The number of hydrogen-bond acceptors (Lipinski definition) is 5. The summed E-state index contributed by atoms with van der Waals surface area (Å²) in [4.78, 5) is 26.6. The van der Waals surface area contributed by atoms with E-state index >= 15 is 0 Å². The fraction of sp³-hybridized carbons (Fsp3) is 0.636. The van der Waals surface area contributed by atoms with Crippen LogP contribution in [0.25, 0.3) is 0 Å². The highest BCUT2D eigenvalue weighted by Gasteiger charge is 2.24. The fourth-order valence-corrected chi connectivity index (χ4v) is 1.83. The Hall–Kier alpha value is -1.56. The molecule has 0 aromatic carbocycles. The Balaban J connectivity index is 2.36. The maximum absolute atomic E-state index is 11.5. The molecule has 0 bridgehead atoms. The summed E-state index contributed by atoms with van der Waals surface area (Å²) in [7, 11) is 0. The summed E-state index contributed by atoms with van der Waals surface area (Å²) in [6.07, 6.45) is 2.56. The van der Waals surface area contributed by atoms with E-state index in [2.05, 4.69) is 10.1 Å². The Kier molecular flexibility index (Phi) is 3.33. The van der Waals surface area contributed by atoms with Crippen LogP contribution in [0.1, 0.15) is 60.6 Å². The summed E-state index contributed by atoms with van der Waals surface area (Å²) in [6, 6.07) is 0. The first-order valence-electron chi connectivity index (χ1n) is 5.69. The molecular formula is C11H15N3O3. The lowest BCUT2D eigenvalue weighted by atomic mass is 10.2. The topological polar surface area (TPSA) is 74.1 Å². The molecule has 1 atom stereocenters. The van der Waals surface area contributed by atoms with Crippen molar-refractivity contribution in [1.82, 2.24) is 14.8 Å². The molecule has 6 heteroatoms. The molecule has 1 saturated heterocycles. The van der Waals surface area contributed by atoms with Gasteiger partial charge in [-0.1, -0.05) is 0 Å². The summed E-state index contributed by atoms with van der Waals surface area (Å²) in [5.74, 6) is -0.187. The van der Waals surface area contributed by atoms with Gasteiger partial charge in [-0.3, -0.25) is 9.59 Å². The van der Waals surface area contributed by atoms with Crippen LogP contribution in [0.15, 0.2) is 0 Å². The number of hydrogen-bond donors (Lipinski definition) is 0. The molecule has 1 aliphatic rings. The standard InChI is InChI=1S/C11H15N3O3/c1-7(15)10-12-11(8(2)16)14(13-10)9-5-3-4-6-17-9/h9H,3-6H2,1-2H3/t9-/m0/s1. The van der Waals surface area contributed by atoms with Crippen molar-refractivity contribution in [2.75, 3.05) is 6.61 Å². The van der Waals surface area contributed by atoms with Crippen molar-refractivity contribution in [2.45, 2.75) is 39.3 Å². The minimum atomic E-state index is -0.275. The van der Waals surface area contributed by atoms with Crippen LogP contribution in [0.3, 0.4) is 0 Å². The highest BCUT2D eigenvalue weighted by Crippen LogP contribution is 2.23. The molecule has 0 unspecified atom stereocenters. The quantitative estimate of drug-likeness (QED) is 0.742. The van der Waals surface area contributed by atoms with Crippen LogP contribution in [0.5, 0.6) is 0 Å². The molecule has 0 radical (unpaired) electrons. The van der Waals surface area contributed by atoms with Crippen molar-refractivity contribution in [3.8, 4) is 0 Å². The van der Waals surface area contributed by atoms with Gasteiger partial charge < -0.3 is 4.74 Å². The Morgan fingerprint density at radius 2 is 2.06 bits per heavy atom. The molecule has 0 spiro atoms. The van der Waals surface area contributed by atoms with Crippen molar-refractivity contribution < 1.29 is 14.3 Å². The van der Waals surface area contributed by atoms with Crippen LogP contribution in [-0.4, -0.2) is 32.9 Å². The normalized spacial score (nSPS) is 20.2. The summed E-state index contributed by atoms with van der Waals surface area (Å²) >= 11 is 0. The Morgan fingerprint density at radius 1 is 1.29 bits per heavy atom. The summed E-state index contributed by atoms with van der Waals surface area (Å²) in [5, 5.41) is 4.06. The number of Topliss-reactive ketones (excluding diaryl/α,β-unsaturated/α-hetero) is 2. The Morgan fingerprint density at radius 3 is 2.59 bits per heavy atom. The monoisotopic (exact) mass is 237 g/mol. The predicted octanol–water partition coefficient (Wildman–Crippen LogP) is 1.38.